The zero-order valence-electron chi connectivity index (χ0n) is 17.8. The highest BCUT2D eigenvalue weighted by Crippen LogP contribution is 2.27. The summed E-state index contributed by atoms with van der Waals surface area (Å²) < 4.78 is 67.1. The standard InChI is InChI=1S/C12H19NO3.ClH/c1-12(2,3)13-7-11(16)8-4-5-9(14)10(15)6-8;/h4-6,11,13-16H,7H2,1-3H3;1H/i1D3,2D3,3D3;. The molecule has 0 aliphatic carbocycles. The number of rotatable bonds is 3. The van der Waals surface area contributed by atoms with Gasteiger partial charge in [-0.1, -0.05) is 6.07 Å². The summed E-state index contributed by atoms with van der Waals surface area (Å²) in [6, 6.07) is 3.27. The number of nitrogens with one attached hydrogen (secondary N) is 1. The molecule has 0 bridgehead atoms. The number of halogens is 1. The molecule has 1 aromatic carbocycles. The third kappa shape index (κ3) is 5.26. The van der Waals surface area contributed by atoms with Gasteiger partial charge in [-0.15, -0.1) is 12.4 Å². The van der Waals surface area contributed by atoms with E-state index in [0.717, 1.165) is 12.1 Å². The number of phenolic OH excluding ortho intramolecular Hbond substituents is 2. The summed E-state index contributed by atoms with van der Waals surface area (Å²) in [5, 5.41) is 30.7. The van der Waals surface area contributed by atoms with Gasteiger partial charge in [0.25, 0.3) is 0 Å². The smallest absolute Gasteiger partial charge is 0.157 e. The van der Waals surface area contributed by atoms with Gasteiger partial charge in [0.1, 0.15) is 0 Å². The quantitative estimate of drug-likeness (QED) is 0.634. The summed E-state index contributed by atoms with van der Waals surface area (Å²) in [7, 11) is 0. The number of β-amino-alcohol motifs (C(OH)–C–C–N with tert-alkyl or cyclic N) is 1. The minimum atomic E-state index is -3.43. The molecule has 17 heavy (non-hydrogen) atoms. The van der Waals surface area contributed by atoms with E-state index in [0.29, 0.717) is 0 Å². The van der Waals surface area contributed by atoms with Crippen molar-refractivity contribution in [2.45, 2.75) is 32.2 Å². The zero-order chi connectivity index (χ0) is 19.8. The average molecular weight is 271 g/mol. The second-order valence-electron chi connectivity index (χ2n) is 3.39. The molecular formula is C12H20ClNO3. The molecule has 0 heterocycles. The van der Waals surface area contributed by atoms with Gasteiger partial charge in [-0.2, -0.15) is 0 Å². The van der Waals surface area contributed by atoms with E-state index in [1.807, 2.05) is 5.32 Å². The first-order valence-corrected chi connectivity index (χ1v) is 4.49. The van der Waals surface area contributed by atoms with Gasteiger partial charge in [0.2, 0.25) is 0 Å². The summed E-state index contributed by atoms with van der Waals surface area (Å²) in [6.45, 7) is -11.0. The number of benzene rings is 1. The van der Waals surface area contributed by atoms with E-state index in [1.165, 1.54) is 6.07 Å². The molecule has 4 N–H and O–H groups in total. The fraction of sp³-hybridized carbons (Fsp3) is 0.500. The van der Waals surface area contributed by atoms with Crippen LogP contribution < -0.4 is 5.32 Å². The topological polar surface area (TPSA) is 72.7 Å². The summed E-state index contributed by atoms with van der Waals surface area (Å²) >= 11 is 0. The molecule has 0 radical (unpaired) electrons. The van der Waals surface area contributed by atoms with E-state index in [1.54, 1.807) is 0 Å². The van der Waals surface area contributed by atoms with Gasteiger partial charge in [0.05, 0.1) is 6.10 Å². The van der Waals surface area contributed by atoms with Gasteiger partial charge in [-0.3, -0.25) is 0 Å². The maximum Gasteiger partial charge on any atom is 0.157 e. The molecule has 0 aliphatic rings. The normalized spacial score (nSPS) is 23.0. The van der Waals surface area contributed by atoms with E-state index in [9.17, 15) is 15.3 Å². The summed E-state index contributed by atoms with van der Waals surface area (Å²) in [5.74, 6) is -1.00. The lowest BCUT2D eigenvalue weighted by Crippen LogP contribution is -2.38. The van der Waals surface area contributed by atoms with Crippen LogP contribution in [0, 0.1) is 0 Å². The number of hydrogen-bond acceptors (Lipinski definition) is 4. The molecule has 1 atom stereocenters. The van der Waals surface area contributed by atoms with Crippen molar-refractivity contribution in [3.63, 3.8) is 0 Å². The second-order valence-corrected chi connectivity index (χ2v) is 3.39. The minimum Gasteiger partial charge on any atom is -0.504 e. The fourth-order valence-corrected chi connectivity index (χ4v) is 1.12. The van der Waals surface area contributed by atoms with Gasteiger partial charge in [-0.05, 0) is 38.3 Å². The lowest BCUT2D eigenvalue weighted by molar-refractivity contribution is 0.163. The predicted octanol–water partition coefficient (Wildman–Crippen LogP) is 1.94. The highest BCUT2D eigenvalue weighted by atomic mass is 35.5. The number of hydrogen-bond donors (Lipinski definition) is 4. The maximum absolute atomic E-state index is 10.1. The minimum absolute atomic E-state index is 0. The van der Waals surface area contributed by atoms with Crippen LogP contribution in [0.5, 0.6) is 11.5 Å². The molecule has 0 aromatic heterocycles. The van der Waals surface area contributed by atoms with Crippen LogP contribution in [0.2, 0.25) is 0 Å². The zero-order valence-corrected chi connectivity index (χ0v) is 9.58. The summed E-state index contributed by atoms with van der Waals surface area (Å²) in [6.07, 6.45) is -1.53. The Hall–Kier alpha value is -0.970. The molecule has 1 unspecified atom stereocenters. The average Bonchev–Trinajstić information content (AvgIpc) is 2.37. The third-order valence-electron chi connectivity index (χ3n) is 1.94. The monoisotopic (exact) mass is 270 g/mol. The van der Waals surface area contributed by atoms with Crippen LogP contribution in [-0.4, -0.2) is 27.4 Å². The van der Waals surface area contributed by atoms with Crippen molar-refractivity contribution in [1.29, 1.82) is 0 Å². The number of aliphatic hydroxyl groups is 1. The molecule has 4 nitrogen and oxygen atoms in total. The molecular weight excluding hydrogens is 242 g/mol. The number of aliphatic hydroxyl groups excluding tert-OH is 1. The Morgan fingerprint density at radius 1 is 1.29 bits per heavy atom. The lowest BCUT2D eigenvalue weighted by atomic mass is 10.1. The SMILES string of the molecule is Cl.[2H]C([2H])([2H])C(NCC(O)c1ccc(O)c(O)c1)(C([2H])([2H])[2H])C([2H])([2H])[2H]. The van der Waals surface area contributed by atoms with Crippen molar-refractivity contribution < 1.29 is 27.7 Å². The first-order chi connectivity index (χ1) is 11.0. The van der Waals surface area contributed by atoms with Crippen LogP contribution in [0.3, 0.4) is 0 Å². The van der Waals surface area contributed by atoms with Crippen LogP contribution >= 0.6 is 12.4 Å². The van der Waals surface area contributed by atoms with Crippen molar-refractivity contribution >= 4 is 12.4 Å². The Morgan fingerprint density at radius 3 is 2.47 bits per heavy atom. The molecule has 0 fully saturated rings. The van der Waals surface area contributed by atoms with Crippen LogP contribution in [-0.2, 0) is 0 Å². The Balaban J connectivity index is 0.00000625. The Kier molecular flexibility index (Phi) is 2.25. The van der Waals surface area contributed by atoms with Crippen molar-refractivity contribution in [3.8, 4) is 11.5 Å². The second kappa shape index (κ2) is 6.10. The van der Waals surface area contributed by atoms with E-state index in [2.05, 4.69) is 0 Å². The Labute approximate surface area is 120 Å². The lowest BCUT2D eigenvalue weighted by Gasteiger charge is -2.23. The van der Waals surface area contributed by atoms with Crippen LogP contribution in [0.4, 0.5) is 0 Å². The first kappa shape index (κ1) is 6.27. The van der Waals surface area contributed by atoms with Gasteiger partial charge in [-0.25, -0.2) is 0 Å². The fourth-order valence-electron chi connectivity index (χ4n) is 1.12. The molecule has 0 aliphatic heterocycles. The molecule has 0 amide bonds. The highest BCUT2D eigenvalue weighted by molar-refractivity contribution is 5.85. The van der Waals surface area contributed by atoms with Crippen LogP contribution in [0.25, 0.3) is 0 Å². The van der Waals surface area contributed by atoms with Crippen molar-refractivity contribution in [2.75, 3.05) is 6.54 Å². The molecule has 1 rings (SSSR count). The largest absolute Gasteiger partial charge is 0.504 e. The molecule has 0 saturated heterocycles. The van der Waals surface area contributed by atoms with Gasteiger partial charge in [0, 0.05) is 24.4 Å². The third-order valence-corrected chi connectivity index (χ3v) is 1.94. The van der Waals surface area contributed by atoms with Crippen LogP contribution in [0.1, 0.15) is 44.6 Å². The number of aromatic hydroxyl groups is 2. The molecule has 0 spiro atoms. The maximum atomic E-state index is 10.1. The van der Waals surface area contributed by atoms with Gasteiger partial charge < -0.3 is 20.6 Å². The number of phenols is 2. The van der Waals surface area contributed by atoms with Crippen molar-refractivity contribution in [1.82, 2.24) is 5.32 Å². The Bertz CT molecular complexity index is 579. The molecule has 0 saturated carbocycles. The van der Waals surface area contributed by atoms with E-state index < -0.39 is 50.2 Å². The van der Waals surface area contributed by atoms with Gasteiger partial charge >= 0.3 is 0 Å². The van der Waals surface area contributed by atoms with Crippen molar-refractivity contribution in [2.24, 2.45) is 0 Å². The van der Waals surface area contributed by atoms with Crippen molar-refractivity contribution in [3.05, 3.63) is 23.8 Å². The first-order valence-electron chi connectivity index (χ1n) is 8.99. The van der Waals surface area contributed by atoms with Gasteiger partial charge in [0.15, 0.2) is 11.5 Å². The summed E-state index contributed by atoms with van der Waals surface area (Å²) in [4.78, 5) is 0. The molecule has 98 valence electrons. The van der Waals surface area contributed by atoms with E-state index in [4.69, 9.17) is 12.3 Å². The van der Waals surface area contributed by atoms with Crippen LogP contribution in [0.15, 0.2) is 18.2 Å². The Morgan fingerprint density at radius 2 is 1.94 bits per heavy atom. The highest BCUT2D eigenvalue weighted by Gasteiger charge is 2.14. The predicted molar refractivity (Wildman–Crippen MR) is 69.7 cm³/mol. The van der Waals surface area contributed by atoms with E-state index >= 15 is 0 Å². The van der Waals surface area contributed by atoms with E-state index in [-0.39, 0.29) is 18.0 Å². The molecule has 5 heteroatoms. The summed E-state index contributed by atoms with van der Waals surface area (Å²) in [5.41, 5.74) is -3.23. The molecule has 1 aromatic rings.